The fraction of sp³-hybridized carbons (Fsp3) is 0.154. The number of carbonyl (C=O) groups is 1. The van der Waals surface area contributed by atoms with E-state index in [4.69, 9.17) is 4.42 Å². The van der Waals surface area contributed by atoms with Crippen molar-refractivity contribution in [2.45, 2.75) is 6.54 Å². The summed E-state index contributed by atoms with van der Waals surface area (Å²) in [5, 5.41) is 0. The van der Waals surface area contributed by atoms with Gasteiger partial charge in [-0.1, -0.05) is 15.9 Å². The summed E-state index contributed by atoms with van der Waals surface area (Å²) < 4.78 is 7.00. The molecule has 2 rings (SSSR count). The van der Waals surface area contributed by atoms with Gasteiger partial charge < -0.3 is 9.32 Å². The molecule has 94 valence electrons. The molecule has 3 nitrogen and oxygen atoms in total. The number of hydrogen-bond acceptors (Lipinski definition) is 2. The molecule has 0 radical (unpaired) electrons. The van der Waals surface area contributed by atoms with Gasteiger partial charge in [0.15, 0.2) is 4.67 Å². The molecule has 0 saturated carbocycles. The highest BCUT2D eigenvalue weighted by atomic mass is 79.9. The largest absolute Gasteiger partial charge is 0.452 e. The molecule has 1 aromatic carbocycles. The molecule has 0 N–H and O–H groups in total. The van der Waals surface area contributed by atoms with Gasteiger partial charge in [0.25, 0.3) is 5.91 Å². The first kappa shape index (κ1) is 13.4. The topological polar surface area (TPSA) is 33.5 Å². The molecule has 0 saturated heterocycles. The van der Waals surface area contributed by atoms with Crippen molar-refractivity contribution < 1.29 is 9.21 Å². The van der Waals surface area contributed by atoms with Gasteiger partial charge >= 0.3 is 0 Å². The molecule has 0 atom stereocenters. The Morgan fingerprint density at radius 3 is 2.39 bits per heavy atom. The highest BCUT2D eigenvalue weighted by molar-refractivity contribution is 9.10. The molecule has 0 aliphatic carbocycles. The zero-order valence-corrected chi connectivity index (χ0v) is 12.9. The van der Waals surface area contributed by atoms with Gasteiger partial charge in [0.05, 0.1) is 6.54 Å². The lowest BCUT2D eigenvalue weighted by atomic mass is 10.2. The van der Waals surface area contributed by atoms with Crippen LogP contribution in [0.25, 0.3) is 0 Å². The lowest BCUT2D eigenvalue weighted by Gasteiger charge is -2.15. The van der Waals surface area contributed by atoms with E-state index in [0.717, 1.165) is 10.2 Å². The first-order valence-electron chi connectivity index (χ1n) is 5.31. The van der Waals surface area contributed by atoms with Crippen LogP contribution < -0.4 is 0 Å². The van der Waals surface area contributed by atoms with Crippen molar-refractivity contribution in [1.29, 1.82) is 0 Å². The van der Waals surface area contributed by atoms with Crippen molar-refractivity contribution in [3.05, 3.63) is 56.9 Å². The van der Waals surface area contributed by atoms with Crippen LogP contribution in [0.2, 0.25) is 0 Å². The maximum Gasteiger partial charge on any atom is 0.254 e. The first-order chi connectivity index (χ1) is 8.56. The summed E-state index contributed by atoms with van der Waals surface area (Å²) >= 11 is 6.58. The van der Waals surface area contributed by atoms with Gasteiger partial charge in [0.2, 0.25) is 0 Å². The van der Waals surface area contributed by atoms with E-state index < -0.39 is 0 Å². The van der Waals surface area contributed by atoms with Crippen LogP contribution in [0.15, 0.2) is 50.0 Å². The Kier molecular flexibility index (Phi) is 4.24. The lowest BCUT2D eigenvalue weighted by Crippen LogP contribution is -2.25. The van der Waals surface area contributed by atoms with Crippen LogP contribution in [0.4, 0.5) is 0 Å². The van der Waals surface area contributed by atoms with E-state index in [1.807, 2.05) is 24.3 Å². The molecular formula is C13H11Br2NO2. The van der Waals surface area contributed by atoms with Crippen LogP contribution in [0, 0.1) is 0 Å². The predicted molar refractivity (Wildman–Crippen MR) is 76.3 cm³/mol. The smallest absolute Gasteiger partial charge is 0.254 e. The standard InChI is InChI=1S/C13H11Br2NO2/c1-16(8-11-6-7-12(15)18-11)13(17)9-2-4-10(14)5-3-9/h2-7H,8H2,1H3. The number of furan rings is 1. The first-order valence-corrected chi connectivity index (χ1v) is 6.90. The van der Waals surface area contributed by atoms with E-state index in [9.17, 15) is 4.79 Å². The van der Waals surface area contributed by atoms with Crippen LogP contribution in [-0.2, 0) is 6.54 Å². The molecule has 1 amide bonds. The second-order valence-electron chi connectivity index (χ2n) is 3.87. The van der Waals surface area contributed by atoms with E-state index in [0.29, 0.717) is 16.8 Å². The highest BCUT2D eigenvalue weighted by Gasteiger charge is 2.13. The van der Waals surface area contributed by atoms with Crippen molar-refractivity contribution in [3.63, 3.8) is 0 Å². The minimum Gasteiger partial charge on any atom is -0.452 e. The molecule has 0 aliphatic rings. The maximum atomic E-state index is 12.1. The molecule has 0 aliphatic heterocycles. The van der Waals surface area contributed by atoms with E-state index in [2.05, 4.69) is 31.9 Å². The van der Waals surface area contributed by atoms with E-state index >= 15 is 0 Å². The number of nitrogens with zero attached hydrogens (tertiary/aromatic N) is 1. The molecule has 18 heavy (non-hydrogen) atoms. The van der Waals surface area contributed by atoms with Crippen molar-refractivity contribution in [2.24, 2.45) is 0 Å². The van der Waals surface area contributed by atoms with Crippen LogP contribution in [0.1, 0.15) is 16.1 Å². The third-order valence-corrected chi connectivity index (χ3v) is 3.41. The molecule has 1 heterocycles. The Morgan fingerprint density at radius 1 is 1.17 bits per heavy atom. The van der Waals surface area contributed by atoms with Gasteiger partial charge in [-0.15, -0.1) is 0 Å². The monoisotopic (exact) mass is 371 g/mol. The highest BCUT2D eigenvalue weighted by Crippen LogP contribution is 2.17. The maximum absolute atomic E-state index is 12.1. The van der Waals surface area contributed by atoms with Gasteiger partial charge in [-0.3, -0.25) is 4.79 Å². The van der Waals surface area contributed by atoms with Gasteiger partial charge in [-0.2, -0.15) is 0 Å². The molecule has 0 fully saturated rings. The fourth-order valence-corrected chi connectivity index (χ4v) is 2.16. The normalized spacial score (nSPS) is 10.4. The average molecular weight is 373 g/mol. The number of hydrogen-bond donors (Lipinski definition) is 0. The zero-order valence-electron chi connectivity index (χ0n) is 9.69. The third-order valence-electron chi connectivity index (χ3n) is 2.46. The van der Waals surface area contributed by atoms with Crippen LogP contribution >= 0.6 is 31.9 Å². The van der Waals surface area contributed by atoms with Gasteiger partial charge in [0.1, 0.15) is 5.76 Å². The van der Waals surface area contributed by atoms with Gasteiger partial charge in [-0.05, 0) is 52.3 Å². The van der Waals surface area contributed by atoms with Crippen molar-refractivity contribution in [2.75, 3.05) is 7.05 Å². The minimum atomic E-state index is -0.0324. The molecular weight excluding hydrogens is 362 g/mol. The number of benzene rings is 1. The number of carbonyl (C=O) groups excluding carboxylic acids is 1. The Balaban J connectivity index is 2.07. The summed E-state index contributed by atoms with van der Waals surface area (Å²) in [5.74, 6) is 0.713. The Morgan fingerprint density at radius 2 is 1.83 bits per heavy atom. The average Bonchev–Trinajstić information content (AvgIpc) is 2.75. The zero-order chi connectivity index (χ0) is 13.1. The number of halogens is 2. The SMILES string of the molecule is CN(Cc1ccc(Br)o1)C(=O)c1ccc(Br)cc1. The molecule has 5 heteroatoms. The van der Waals surface area contributed by atoms with E-state index in [-0.39, 0.29) is 5.91 Å². The minimum absolute atomic E-state index is 0.0324. The number of amides is 1. The molecule has 1 aromatic heterocycles. The summed E-state index contributed by atoms with van der Waals surface area (Å²) in [6.07, 6.45) is 0. The van der Waals surface area contributed by atoms with Crippen LogP contribution in [-0.4, -0.2) is 17.9 Å². The summed E-state index contributed by atoms with van der Waals surface area (Å²) in [4.78, 5) is 13.7. The Bertz CT molecular complexity index is 548. The van der Waals surface area contributed by atoms with Crippen LogP contribution in [0.3, 0.4) is 0 Å². The molecule has 2 aromatic rings. The molecule has 0 spiro atoms. The quantitative estimate of drug-likeness (QED) is 0.813. The summed E-state index contributed by atoms with van der Waals surface area (Å²) in [5.41, 5.74) is 0.659. The Labute approximate surface area is 122 Å². The summed E-state index contributed by atoms with van der Waals surface area (Å²) in [6.45, 7) is 0.445. The van der Waals surface area contributed by atoms with Crippen molar-refractivity contribution >= 4 is 37.8 Å². The molecule has 0 unspecified atom stereocenters. The molecule has 0 bridgehead atoms. The van der Waals surface area contributed by atoms with Crippen LogP contribution in [0.5, 0.6) is 0 Å². The van der Waals surface area contributed by atoms with E-state index in [1.54, 1.807) is 24.1 Å². The fourth-order valence-electron chi connectivity index (χ4n) is 1.56. The van der Waals surface area contributed by atoms with E-state index in [1.165, 1.54) is 0 Å². The second kappa shape index (κ2) is 5.71. The van der Waals surface area contributed by atoms with Gasteiger partial charge in [-0.25, -0.2) is 0 Å². The second-order valence-corrected chi connectivity index (χ2v) is 5.57. The lowest BCUT2D eigenvalue weighted by molar-refractivity contribution is 0.0775. The van der Waals surface area contributed by atoms with Gasteiger partial charge in [0, 0.05) is 17.1 Å². The summed E-state index contributed by atoms with van der Waals surface area (Å²) in [6, 6.07) is 10.9. The van der Waals surface area contributed by atoms with Crippen molar-refractivity contribution in [3.8, 4) is 0 Å². The van der Waals surface area contributed by atoms with Crippen molar-refractivity contribution in [1.82, 2.24) is 4.90 Å². The third kappa shape index (κ3) is 3.23. The predicted octanol–water partition coefficient (Wildman–Crippen LogP) is 4.08. The Hall–Kier alpha value is -1.07. The number of rotatable bonds is 3. The summed E-state index contributed by atoms with van der Waals surface area (Å²) in [7, 11) is 1.75.